The Morgan fingerprint density at radius 2 is 1.85 bits per heavy atom. The van der Waals surface area contributed by atoms with Gasteiger partial charge in [0.25, 0.3) is 5.91 Å². The third kappa shape index (κ3) is 4.02. The molecule has 1 unspecified atom stereocenters. The van der Waals surface area contributed by atoms with E-state index >= 15 is 0 Å². The van der Waals surface area contributed by atoms with Crippen molar-refractivity contribution in [2.75, 3.05) is 18.3 Å². The quantitative estimate of drug-likeness (QED) is 0.328. The number of para-hydroxylation sites is 2. The van der Waals surface area contributed by atoms with E-state index < -0.39 is 5.97 Å². The number of anilines is 1. The molecule has 7 rings (SSSR count). The highest BCUT2D eigenvalue weighted by atomic mass is 16.7. The van der Waals surface area contributed by atoms with Gasteiger partial charge in [-0.1, -0.05) is 42.5 Å². The van der Waals surface area contributed by atoms with Gasteiger partial charge in [0.05, 0.1) is 16.8 Å². The van der Waals surface area contributed by atoms with Gasteiger partial charge in [-0.25, -0.2) is 9.78 Å². The van der Waals surface area contributed by atoms with Crippen molar-refractivity contribution in [3.8, 4) is 11.5 Å². The first-order valence-corrected chi connectivity index (χ1v) is 13.2. The number of pyridine rings is 1. The number of benzene rings is 3. The molecule has 7 nitrogen and oxygen atoms in total. The minimum absolute atomic E-state index is 0.0171. The lowest BCUT2D eigenvalue weighted by molar-refractivity contribution is -0.122. The first-order valence-electron chi connectivity index (χ1n) is 13.2. The van der Waals surface area contributed by atoms with Crippen molar-refractivity contribution in [3.63, 3.8) is 0 Å². The number of aromatic nitrogens is 1. The molecule has 1 atom stereocenters. The van der Waals surface area contributed by atoms with E-state index in [1.165, 1.54) is 0 Å². The number of rotatable bonds is 4. The van der Waals surface area contributed by atoms with Gasteiger partial charge in [-0.3, -0.25) is 4.79 Å². The van der Waals surface area contributed by atoms with Crippen LogP contribution in [0.2, 0.25) is 0 Å². The number of ether oxygens (including phenoxy) is 3. The van der Waals surface area contributed by atoms with Crippen molar-refractivity contribution in [2.24, 2.45) is 0 Å². The number of nitrogens with zero attached hydrogens (tertiary/aromatic N) is 2. The minimum Gasteiger partial charge on any atom is -0.454 e. The zero-order valence-electron chi connectivity index (χ0n) is 21.5. The highest BCUT2D eigenvalue weighted by molar-refractivity contribution is 6.08. The molecule has 7 heteroatoms. The van der Waals surface area contributed by atoms with E-state index in [1.807, 2.05) is 73.7 Å². The molecule has 4 aromatic rings. The lowest BCUT2D eigenvalue weighted by Crippen LogP contribution is -2.38. The molecular formula is C32H26N2O5. The van der Waals surface area contributed by atoms with Crippen molar-refractivity contribution in [2.45, 2.75) is 32.2 Å². The molecule has 194 valence electrons. The molecule has 0 saturated heterocycles. The number of allylic oxidation sites excluding steroid dienone is 1. The van der Waals surface area contributed by atoms with Crippen molar-refractivity contribution in [1.82, 2.24) is 4.98 Å². The zero-order chi connectivity index (χ0) is 26.5. The van der Waals surface area contributed by atoms with Crippen LogP contribution in [-0.4, -0.2) is 36.3 Å². The summed E-state index contributed by atoms with van der Waals surface area (Å²) in [5, 5.41) is 0.734. The number of fused-ring (bicyclic) bond motifs is 4. The molecule has 0 spiro atoms. The van der Waals surface area contributed by atoms with Gasteiger partial charge < -0.3 is 19.1 Å². The average molecular weight is 519 g/mol. The van der Waals surface area contributed by atoms with Crippen LogP contribution < -0.4 is 14.4 Å². The van der Waals surface area contributed by atoms with Crippen LogP contribution in [0.4, 0.5) is 5.69 Å². The van der Waals surface area contributed by atoms with Gasteiger partial charge in [0.2, 0.25) is 6.79 Å². The van der Waals surface area contributed by atoms with Crippen LogP contribution in [0.25, 0.3) is 22.6 Å². The average Bonchev–Trinajstić information content (AvgIpc) is 3.66. The molecule has 0 bridgehead atoms. The van der Waals surface area contributed by atoms with Crippen LogP contribution in [0.3, 0.4) is 0 Å². The first kappa shape index (κ1) is 23.5. The fourth-order valence-corrected chi connectivity index (χ4v) is 5.93. The van der Waals surface area contributed by atoms with Crippen LogP contribution in [0.5, 0.6) is 11.5 Å². The highest BCUT2D eigenvalue weighted by Crippen LogP contribution is 2.39. The first-order chi connectivity index (χ1) is 19.1. The SMILES string of the molecule is CC1Cc2ccccc2N1C(=O)COC(=O)c1c2c(nc3ccccc13)/C(=C/c1ccc3c(c1)OCO3)CC2. The Bertz CT molecular complexity index is 1690. The summed E-state index contributed by atoms with van der Waals surface area (Å²) in [6, 6.07) is 21.3. The summed E-state index contributed by atoms with van der Waals surface area (Å²) in [6.07, 6.45) is 4.28. The van der Waals surface area contributed by atoms with Gasteiger partial charge in [-0.05, 0) is 78.8 Å². The number of amides is 1. The van der Waals surface area contributed by atoms with Crippen LogP contribution in [0.15, 0.2) is 66.7 Å². The number of carbonyl (C=O) groups is 2. The molecule has 0 saturated carbocycles. The maximum Gasteiger partial charge on any atom is 0.339 e. The Morgan fingerprint density at radius 3 is 2.77 bits per heavy atom. The fourth-order valence-electron chi connectivity index (χ4n) is 5.93. The van der Waals surface area contributed by atoms with E-state index in [2.05, 4.69) is 6.08 Å². The summed E-state index contributed by atoms with van der Waals surface area (Å²) in [7, 11) is 0. The number of carbonyl (C=O) groups excluding carboxylic acids is 2. The molecule has 0 radical (unpaired) electrons. The number of esters is 1. The van der Waals surface area contributed by atoms with Crippen LogP contribution in [0, 0.1) is 0 Å². The lowest BCUT2D eigenvalue weighted by Gasteiger charge is -2.22. The normalized spacial score (nSPS) is 17.9. The molecule has 0 N–H and O–H groups in total. The molecule has 0 fully saturated rings. The van der Waals surface area contributed by atoms with Crippen molar-refractivity contribution < 1.29 is 23.8 Å². The Hall–Kier alpha value is -4.65. The Labute approximate surface area is 225 Å². The molecule has 2 aliphatic heterocycles. The van der Waals surface area contributed by atoms with Gasteiger partial charge in [0.15, 0.2) is 18.1 Å². The summed E-state index contributed by atoms with van der Waals surface area (Å²) in [4.78, 5) is 33.5. The predicted molar refractivity (Wildman–Crippen MR) is 148 cm³/mol. The monoisotopic (exact) mass is 518 g/mol. The second kappa shape index (κ2) is 9.27. The molecule has 1 amide bonds. The summed E-state index contributed by atoms with van der Waals surface area (Å²) < 4.78 is 16.7. The lowest BCUT2D eigenvalue weighted by atomic mass is 10.0. The smallest absolute Gasteiger partial charge is 0.339 e. The summed E-state index contributed by atoms with van der Waals surface area (Å²) in [5.41, 5.74) is 6.91. The van der Waals surface area contributed by atoms with Gasteiger partial charge in [-0.15, -0.1) is 0 Å². The molecular weight excluding hydrogens is 492 g/mol. The standard InChI is InChI=1S/C32H26N2O5/c1-19-14-21-6-2-5-9-26(21)34(19)29(35)17-37-32(36)30-23-7-3-4-8-25(23)33-31-22(11-12-24(30)31)15-20-10-13-27-28(16-20)39-18-38-27/h2-10,13,15-16,19H,11-12,14,17-18H2,1H3/b22-15+. The van der Waals surface area contributed by atoms with Crippen molar-refractivity contribution >= 4 is 40.1 Å². The van der Waals surface area contributed by atoms with Gasteiger partial charge in [0, 0.05) is 17.1 Å². The van der Waals surface area contributed by atoms with Crippen molar-refractivity contribution in [1.29, 1.82) is 0 Å². The van der Waals surface area contributed by atoms with Crippen molar-refractivity contribution in [3.05, 3.63) is 94.7 Å². The minimum atomic E-state index is -0.498. The molecule has 3 heterocycles. The molecule has 39 heavy (non-hydrogen) atoms. The third-order valence-corrected chi connectivity index (χ3v) is 7.69. The summed E-state index contributed by atoms with van der Waals surface area (Å²) in [5.74, 6) is 0.735. The van der Waals surface area contributed by atoms with E-state index in [1.54, 1.807) is 4.90 Å². The Kier molecular flexibility index (Phi) is 5.58. The maximum absolute atomic E-state index is 13.6. The highest BCUT2D eigenvalue weighted by Gasteiger charge is 2.32. The second-order valence-electron chi connectivity index (χ2n) is 10.1. The largest absolute Gasteiger partial charge is 0.454 e. The van der Waals surface area contributed by atoms with E-state index in [-0.39, 0.29) is 25.3 Å². The summed E-state index contributed by atoms with van der Waals surface area (Å²) in [6.45, 7) is 1.92. The summed E-state index contributed by atoms with van der Waals surface area (Å²) >= 11 is 0. The zero-order valence-corrected chi connectivity index (χ0v) is 21.5. The Morgan fingerprint density at radius 1 is 1.03 bits per heavy atom. The molecule has 1 aliphatic carbocycles. The molecule has 3 aliphatic rings. The van der Waals surface area contributed by atoms with Crippen LogP contribution >= 0.6 is 0 Å². The van der Waals surface area contributed by atoms with Crippen LogP contribution in [0.1, 0.15) is 46.1 Å². The topological polar surface area (TPSA) is 78.0 Å². The van der Waals surface area contributed by atoms with Gasteiger partial charge >= 0.3 is 5.97 Å². The predicted octanol–water partition coefficient (Wildman–Crippen LogP) is 5.58. The molecule has 1 aromatic heterocycles. The van der Waals surface area contributed by atoms with Crippen LogP contribution in [-0.2, 0) is 22.4 Å². The van der Waals surface area contributed by atoms with E-state index in [0.717, 1.165) is 68.9 Å². The van der Waals surface area contributed by atoms with Gasteiger partial charge in [0.1, 0.15) is 0 Å². The third-order valence-electron chi connectivity index (χ3n) is 7.69. The number of hydrogen-bond donors (Lipinski definition) is 0. The van der Waals surface area contributed by atoms with E-state index in [0.29, 0.717) is 12.0 Å². The maximum atomic E-state index is 13.6. The fraction of sp³-hybridized carbons (Fsp3) is 0.219. The molecule has 3 aromatic carbocycles. The van der Waals surface area contributed by atoms with E-state index in [9.17, 15) is 9.59 Å². The van der Waals surface area contributed by atoms with Gasteiger partial charge in [-0.2, -0.15) is 0 Å². The van der Waals surface area contributed by atoms with E-state index in [4.69, 9.17) is 19.2 Å². The Balaban J connectivity index is 1.19. The number of hydrogen-bond acceptors (Lipinski definition) is 6. The second-order valence-corrected chi connectivity index (χ2v) is 10.1.